The SMILES string of the molecule is C(#CC1CCCO1)c1cccnc1. The van der Waals surface area contributed by atoms with E-state index >= 15 is 0 Å². The summed E-state index contributed by atoms with van der Waals surface area (Å²) >= 11 is 0. The molecule has 2 heterocycles. The average Bonchev–Trinajstić information content (AvgIpc) is 2.69. The van der Waals surface area contributed by atoms with Crippen molar-refractivity contribution < 1.29 is 4.74 Å². The normalized spacial score (nSPS) is 20.8. The number of nitrogens with zero attached hydrogens (tertiary/aromatic N) is 1. The lowest BCUT2D eigenvalue weighted by Gasteiger charge is -1.96. The van der Waals surface area contributed by atoms with Gasteiger partial charge in [-0.05, 0) is 25.0 Å². The molecule has 0 aromatic carbocycles. The van der Waals surface area contributed by atoms with Crippen molar-refractivity contribution in [2.75, 3.05) is 6.61 Å². The van der Waals surface area contributed by atoms with E-state index in [1.807, 2.05) is 12.1 Å². The van der Waals surface area contributed by atoms with Crippen LogP contribution in [-0.4, -0.2) is 17.7 Å². The van der Waals surface area contributed by atoms with Crippen molar-refractivity contribution in [2.45, 2.75) is 18.9 Å². The highest BCUT2D eigenvalue weighted by molar-refractivity contribution is 5.32. The van der Waals surface area contributed by atoms with Crippen LogP contribution in [-0.2, 0) is 4.74 Å². The summed E-state index contributed by atoms with van der Waals surface area (Å²) < 4.78 is 5.38. The summed E-state index contributed by atoms with van der Waals surface area (Å²) in [5, 5.41) is 0. The van der Waals surface area contributed by atoms with Gasteiger partial charge in [0.1, 0.15) is 6.10 Å². The molecular weight excluding hydrogens is 162 g/mol. The Morgan fingerprint density at radius 1 is 1.54 bits per heavy atom. The van der Waals surface area contributed by atoms with Gasteiger partial charge in [0, 0.05) is 24.6 Å². The molecule has 1 aromatic rings. The van der Waals surface area contributed by atoms with Crippen LogP contribution in [0.4, 0.5) is 0 Å². The summed E-state index contributed by atoms with van der Waals surface area (Å²) in [6, 6.07) is 3.84. The van der Waals surface area contributed by atoms with Crippen molar-refractivity contribution in [3.8, 4) is 11.8 Å². The maximum Gasteiger partial charge on any atom is 0.118 e. The summed E-state index contributed by atoms with van der Waals surface area (Å²) in [6.07, 6.45) is 5.85. The quantitative estimate of drug-likeness (QED) is 0.556. The molecule has 2 heteroatoms. The van der Waals surface area contributed by atoms with Gasteiger partial charge in [0.15, 0.2) is 0 Å². The molecule has 0 radical (unpaired) electrons. The van der Waals surface area contributed by atoms with Crippen molar-refractivity contribution in [2.24, 2.45) is 0 Å². The van der Waals surface area contributed by atoms with Crippen LogP contribution < -0.4 is 0 Å². The van der Waals surface area contributed by atoms with Crippen LogP contribution in [0.25, 0.3) is 0 Å². The zero-order valence-corrected chi connectivity index (χ0v) is 7.36. The molecule has 1 aliphatic heterocycles. The fourth-order valence-corrected chi connectivity index (χ4v) is 1.29. The second-order valence-corrected chi connectivity index (χ2v) is 3.01. The van der Waals surface area contributed by atoms with E-state index in [-0.39, 0.29) is 6.10 Å². The molecule has 0 bridgehead atoms. The molecule has 1 saturated heterocycles. The molecule has 0 aliphatic carbocycles. The number of pyridine rings is 1. The minimum Gasteiger partial charge on any atom is -0.366 e. The molecule has 1 aromatic heterocycles. The van der Waals surface area contributed by atoms with Gasteiger partial charge in [-0.25, -0.2) is 0 Å². The van der Waals surface area contributed by atoms with Gasteiger partial charge >= 0.3 is 0 Å². The molecule has 1 aliphatic rings. The number of hydrogen-bond acceptors (Lipinski definition) is 2. The van der Waals surface area contributed by atoms with E-state index in [9.17, 15) is 0 Å². The topological polar surface area (TPSA) is 22.1 Å². The molecule has 0 amide bonds. The summed E-state index contributed by atoms with van der Waals surface area (Å²) in [5.41, 5.74) is 0.956. The lowest BCUT2D eigenvalue weighted by atomic mass is 10.2. The Labute approximate surface area is 77.9 Å². The summed E-state index contributed by atoms with van der Waals surface area (Å²) in [7, 11) is 0. The smallest absolute Gasteiger partial charge is 0.118 e. The average molecular weight is 173 g/mol. The Morgan fingerprint density at radius 3 is 3.23 bits per heavy atom. The highest BCUT2D eigenvalue weighted by Crippen LogP contribution is 2.10. The highest BCUT2D eigenvalue weighted by Gasteiger charge is 2.11. The molecule has 1 unspecified atom stereocenters. The summed E-state index contributed by atoms with van der Waals surface area (Å²) in [4.78, 5) is 3.99. The monoisotopic (exact) mass is 173 g/mol. The molecule has 13 heavy (non-hydrogen) atoms. The Balaban J connectivity index is 2.03. The molecule has 0 N–H and O–H groups in total. The second-order valence-electron chi connectivity index (χ2n) is 3.01. The van der Waals surface area contributed by atoms with E-state index in [1.54, 1.807) is 12.4 Å². The Morgan fingerprint density at radius 2 is 2.54 bits per heavy atom. The minimum atomic E-state index is 0.139. The van der Waals surface area contributed by atoms with Crippen LogP contribution >= 0.6 is 0 Å². The van der Waals surface area contributed by atoms with Gasteiger partial charge in [0.2, 0.25) is 0 Å². The maximum absolute atomic E-state index is 5.38. The predicted molar refractivity (Wildman–Crippen MR) is 50.1 cm³/mol. The van der Waals surface area contributed by atoms with E-state index in [0.29, 0.717) is 0 Å². The van der Waals surface area contributed by atoms with Crippen molar-refractivity contribution in [1.29, 1.82) is 0 Å². The minimum absolute atomic E-state index is 0.139. The second kappa shape index (κ2) is 4.06. The van der Waals surface area contributed by atoms with Crippen molar-refractivity contribution in [3.63, 3.8) is 0 Å². The third-order valence-electron chi connectivity index (χ3n) is 1.97. The Bertz CT molecular complexity index is 317. The van der Waals surface area contributed by atoms with E-state index in [1.165, 1.54) is 0 Å². The first-order chi connectivity index (χ1) is 6.45. The molecular formula is C11H11NO. The number of hydrogen-bond donors (Lipinski definition) is 0. The van der Waals surface area contributed by atoms with Gasteiger partial charge in [-0.15, -0.1) is 0 Å². The first-order valence-corrected chi connectivity index (χ1v) is 4.48. The van der Waals surface area contributed by atoms with Crippen LogP contribution in [0.5, 0.6) is 0 Å². The van der Waals surface area contributed by atoms with Gasteiger partial charge in [-0.3, -0.25) is 4.98 Å². The number of aromatic nitrogens is 1. The fourth-order valence-electron chi connectivity index (χ4n) is 1.29. The van der Waals surface area contributed by atoms with Crippen LogP contribution in [0.15, 0.2) is 24.5 Å². The number of ether oxygens (including phenoxy) is 1. The van der Waals surface area contributed by atoms with E-state index in [0.717, 1.165) is 25.0 Å². The van der Waals surface area contributed by atoms with Gasteiger partial charge in [-0.1, -0.05) is 11.8 Å². The van der Waals surface area contributed by atoms with E-state index in [2.05, 4.69) is 16.8 Å². The molecule has 2 rings (SSSR count). The van der Waals surface area contributed by atoms with Gasteiger partial charge < -0.3 is 4.74 Å². The Kier molecular flexibility index (Phi) is 2.59. The summed E-state index contributed by atoms with van der Waals surface area (Å²) in [5.74, 6) is 6.13. The molecule has 0 saturated carbocycles. The number of rotatable bonds is 0. The lowest BCUT2D eigenvalue weighted by Crippen LogP contribution is -1.99. The molecule has 2 nitrogen and oxygen atoms in total. The van der Waals surface area contributed by atoms with Crippen LogP contribution in [0, 0.1) is 11.8 Å². The first-order valence-electron chi connectivity index (χ1n) is 4.48. The predicted octanol–water partition coefficient (Wildman–Crippen LogP) is 1.61. The zero-order valence-electron chi connectivity index (χ0n) is 7.36. The van der Waals surface area contributed by atoms with Crippen molar-refractivity contribution in [3.05, 3.63) is 30.1 Å². The fraction of sp³-hybridized carbons (Fsp3) is 0.364. The highest BCUT2D eigenvalue weighted by atomic mass is 16.5. The maximum atomic E-state index is 5.38. The van der Waals surface area contributed by atoms with Crippen molar-refractivity contribution >= 4 is 0 Å². The van der Waals surface area contributed by atoms with Crippen LogP contribution in [0.3, 0.4) is 0 Å². The summed E-state index contributed by atoms with van der Waals surface area (Å²) in [6.45, 7) is 0.854. The van der Waals surface area contributed by atoms with Gasteiger partial charge in [0.25, 0.3) is 0 Å². The molecule has 0 spiro atoms. The van der Waals surface area contributed by atoms with Crippen LogP contribution in [0.2, 0.25) is 0 Å². The zero-order chi connectivity index (χ0) is 8.93. The standard InChI is InChI=1S/C11H11NO/c1-3-10(9-12-7-1)5-6-11-4-2-8-13-11/h1,3,7,9,11H,2,4,8H2. The third kappa shape index (κ3) is 2.30. The third-order valence-corrected chi connectivity index (χ3v) is 1.97. The molecule has 1 fully saturated rings. The lowest BCUT2D eigenvalue weighted by molar-refractivity contribution is 0.152. The van der Waals surface area contributed by atoms with Gasteiger partial charge in [0.05, 0.1) is 0 Å². The van der Waals surface area contributed by atoms with Crippen LogP contribution in [0.1, 0.15) is 18.4 Å². The largest absolute Gasteiger partial charge is 0.366 e. The molecule has 1 atom stereocenters. The van der Waals surface area contributed by atoms with Crippen molar-refractivity contribution in [1.82, 2.24) is 4.98 Å². The molecule has 66 valence electrons. The van der Waals surface area contributed by atoms with E-state index in [4.69, 9.17) is 4.74 Å². The van der Waals surface area contributed by atoms with E-state index < -0.39 is 0 Å². The first kappa shape index (κ1) is 8.28. The Hall–Kier alpha value is -1.33. The van der Waals surface area contributed by atoms with Gasteiger partial charge in [-0.2, -0.15) is 0 Å².